The van der Waals surface area contributed by atoms with E-state index in [2.05, 4.69) is 15.0 Å². The van der Waals surface area contributed by atoms with E-state index in [4.69, 9.17) is 10.8 Å². The summed E-state index contributed by atoms with van der Waals surface area (Å²) in [4.78, 5) is 25.2. The van der Waals surface area contributed by atoms with Crippen LogP contribution in [0.15, 0.2) is 41.7 Å². The lowest BCUT2D eigenvalue weighted by Crippen LogP contribution is -2.29. The van der Waals surface area contributed by atoms with Gasteiger partial charge in [0.05, 0.1) is 30.2 Å². The van der Waals surface area contributed by atoms with Crippen LogP contribution in [0.5, 0.6) is 0 Å². The molecular formula is C20H21FN4O2S. The lowest BCUT2D eigenvalue weighted by Gasteiger charge is -2.30. The number of ketones is 1. The number of rotatable bonds is 6. The van der Waals surface area contributed by atoms with Gasteiger partial charge in [0.15, 0.2) is 11.0 Å². The van der Waals surface area contributed by atoms with Gasteiger partial charge in [-0.3, -0.25) is 14.8 Å². The summed E-state index contributed by atoms with van der Waals surface area (Å²) >= 11 is 1.46. The van der Waals surface area contributed by atoms with E-state index < -0.39 is 5.54 Å². The second kappa shape index (κ2) is 8.62. The Morgan fingerprint density at radius 2 is 2.21 bits per heavy atom. The first kappa shape index (κ1) is 20.2. The minimum atomic E-state index is -0.737. The molecule has 0 fully saturated rings. The number of nitrogens with zero attached hydrogens (tertiary/aromatic N) is 3. The normalized spacial score (nSPS) is 19.6. The molecule has 28 heavy (non-hydrogen) atoms. The third kappa shape index (κ3) is 4.63. The molecular weight excluding hydrogens is 379 g/mol. The average Bonchev–Trinajstić information content (AvgIpc) is 2.68. The summed E-state index contributed by atoms with van der Waals surface area (Å²) in [6.45, 7) is 1.76. The van der Waals surface area contributed by atoms with Gasteiger partial charge >= 0.3 is 0 Å². The molecule has 0 bridgehead atoms. The fraction of sp³-hybridized carbons (Fsp3) is 0.300. The largest absolute Gasteiger partial charge is 0.392 e. The lowest BCUT2D eigenvalue weighted by molar-refractivity contribution is 0.0987. The molecule has 1 aliphatic rings. The van der Waals surface area contributed by atoms with E-state index >= 15 is 0 Å². The van der Waals surface area contributed by atoms with Crippen molar-refractivity contribution in [3.05, 3.63) is 65.0 Å². The van der Waals surface area contributed by atoms with E-state index in [1.54, 1.807) is 18.2 Å². The number of hydrogen-bond donors (Lipinski definition) is 2. The molecule has 0 unspecified atom stereocenters. The number of benzene rings is 1. The molecule has 3 N–H and O–H groups in total. The molecule has 1 aliphatic heterocycles. The molecule has 6 nitrogen and oxygen atoms in total. The van der Waals surface area contributed by atoms with Gasteiger partial charge in [-0.05, 0) is 37.1 Å². The molecule has 8 heteroatoms. The van der Waals surface area contributed by atoms with Crippen LogP contribution in [0.3, 0.4) is 0 Å². The first-order valence-corrected chi connectivity index (χ1v) is 9.79. The average molecular weight is 400 g/mol. The van der Waals surface area contributed by atoms with Gasteiger partial charge in [0.1, 0.15) is 11.5 Å². The molecule has 0 saturated heterocycles. The number of aliphatic hydroxyl groups is 1. The Bertz CT molecular complexity index is 930. The van der Waals surface area contributed by atoms with Gasteiger partial charge in [-0.25, -0.2) is 9.37 Å². The van der Waals surface area contributed by atoms with Gasteiger partial charge in [0.2, 0.25) is 0 Å². The zero-order valence-electron chi connectivity index (χ0n) is 15.4. The van der Waals surface area contributed by atoms with Gasteiger partial charge in [-0.15, -0.1) is 0 Å². The van der Waals surface area contributed by atoms with E-state index in [0.29, 0.717) is 28.4 Å². The third-order valence-corrected chi connectivity index (χ3v) is 5.32. The highest BCUT2D eigenvalue weighted by Gasteiger charge is 2.32. The van der Waals surface area contributed by atoms with Crippen LogP contribution in [-0.2, 0) is 12.0 Å². The van der Waals surface area contributed by atoms with E-state index in [-0.39, 0.29) is 30.3 Å². The van der Waals surface area contributed by atoms with Crippen molar-refractivity contribution in [3.8, 4) is 0 Å². The van der Waals surface area contributed by atoms with Crippen molar-refractivity contribution in [2.24, 2.45) is 10.7 Å². The molecule has 0 aliphatic carbocycles. The number of aliphatic hydroxyl groups excluding tert-OH is 1. The fourth-order valence-electron chi connectivity index (χ4n) is 2.99. The van der Waals surface area contributed by atoms with Crippen LogP contribution in [0.1, 0.15) is 40.7 Å². The molecule has 0 spiro atoms. The Morgan fingerprint density at radius 1 is 1.39 bits per heavy atom. The second-order valence-corrected chi connectivity index (χ2v) is 7.76. The maximum absolute atomic E-state index is 14.5. The summed E-state index contributed by atoms with van der Waals surface area (Å²) < 4.78 is 14.5. The molecule has 0 saturated carbocycles. The molecule has 1 aromatic carbocycles. The Hall–Kier alpha value is -2.58. The van der Waals surface area contributed by atoms with E-state index in [9.17, 15) is 9.18 Å². The maximum atomic E-state index is 14.5. The van der Waals surface area contributed by atoms with E-state index in [1.807, 2.05) is 6.92 Å². The number of Topliss-reactive ketones (excluding diaryl/α,β-unsaturated/α-hetero) is 1. The minimum absolute atomic E-state index is 0.0812. The minimum Gasteiger partial charge on any atom is -0.392 e. The highest BCUT2D eigenvalue weighted by atomic mass is 32.2. The van der Waals surface area contributed by atoms with Crippen molar-refractivity contribution in [1.82, 2.24) is 9.97 Å². The van der Waals surface area contributed by atoms with Crippen molar-refractivity contribution < 1.29 is 14.3 Å². The number of thioether (sulfide) groups is 1. The summed E-state index contributed by atoms with van der Waals surface area (Å²) in [6, 6.07) is 4.65. The standard InChI is InChI=1S/C20H21FN4O2S/c1-20(6-8-28-19(22)25-20)15-9-13(4-5-16(15)21)10-18(27)17-12-23-14(11-24-17)3-2-7-26/h2-5,9,11-12,26H,6-8,10H2,1H3,(H2,22,25)/b3-2+/t20-/m0/s1. The number of hydrogen-bond acceptors (Lipinski definition) is 7. The number of carbonyl (C=O) groups excluding carboxylic acids is 1. The van der Waals surface area contributed by atoms with Crippen molar-refractivity contribution in [2.45, 2.75) is 25.3 Å². The number of halogens is 1. The van der Waals surface area contributed by atoms with Gasteiger partial charge in [-0.2, -0.15) is 0 Å². The van der Waals surface area contributed by atoms with Crippen molar-refractivity contribution in [1.29, 1.82) is 0 Å². The molecule has 1 aromatic heterocycles. The maximum Gasteiger partial charge on any atom is 0.187 e. The van der Waals surface area contributed by atoms with E-state index in [1.165, 1.54) is 36.3 Å². The Labute approximate surface area is 166 Å². The predicted molar refractivity (Wildman–Crippen MR) is 109 cm³/mol. The summed E-state index contributed by atoms with van der Waals surface area (Å²) in [6.07, 6.45) is 6.76. The summed E-state index contributed by atoms with van der Waals surface area (Å²) in [5.41, 5.74) is 7.00. The fourth-order valence-corrected chi connectivity index (χ4v) is 3.97. The summed E-state index contributed by atoms with van der Waals surface area (Å²) in [7, 11) is 0. The van der Waals surface area contributed by atoms with Crippen LogP contribution in [0.4, 0.5) is 4.39 Å². The van der Waals surface area contributed by atoms with Crippen molar-refractivity contribution >= 4 is 28.8 Å². The smallest absolute Gasteiger partial charge is 0.187 e. The van der Waals surface area contributed by atoms with Gasteiger partial charge in [-0.1, -0.05) is 23.9 Å². The number of aromatic nitrogens is 2. The quantitative estimate of drug-likeness (QED) is 0.723. The first-order chi connectivity index (χ1) is 13.4. The Balaban J connectivity index is 1.80. The first-order valence-electron chi connectivity index (χ1n) is 8.81. The van der Waals surface area contributed by atoms with Crippen molar-refractivity contribution in [2.75, 3.05) is 12.4 Å². The van der Waals surface area contributed by atoms with Crippen LogP contribution in [0, 0.1) is 5.82 Å². The number of carbonyl (C=O) groups is 1. The summed E-state index contributed by atoms with van der Waals surface area (Å²) in [5, 5.41) is 9.22. The molecule has 146 valence electrons. The van der Waals surface area contributed by atoms with Gasteiger partial charge < -0.3 is 10.8 Å². The highest BCUT2D eigenvalue weighted by molar-refractivity contribution is 8.13. The highest BCUT2D eigenvalue weighted by Crippen LogP contribution is 2.36. The molecule has 3 rings (SSSR count). The van der Waals surface area contributed by atoms with Gasteiger partial charge in [0.25, 0.3) is 0 Å². The number of amidine groups is 1. The number of aliphatic imine (C=N–C) groups is 1. The zero-order valence-corrected chi connectivity index (χ0v) is 16.2. The van der Waals surface area contributed by atoms with Crippen LogP contribution >= 0.6 is 11.8 Å². The second-order valence-electron chi connectivity index (χ2n) is 6.65. The molecule has 2 heterocycles. The van der Waals surface area contributed by atoms with Crippen LogP contribution in [0.25, 0.3) is 6.08 Å². The SMILES string of the molecule is C[C@@]1(c2cc(CC(=O)c3cnc(/C=C/CO)cn3)ccc2F)CCSC(N)=N1. The summed E-state index contributed by atoms with van der Waals surface area (Å²) in [5.74, 6) is 0.193. The lowest BCUT2D eigenvalue weighted by atomic mass is 9.87. The molecule has 1 atom stereocenters. The molecule has 0 amide bonds. The van der Waals surface area contributed by atoms with Crippen LogP contribution in [0.2, 0.25) is 0 Å². The van der Waals surface area contributed by atoms with Gasteiger partial charge in [0, 0.05) is 17.7 Å². The monoisotopic (exact) mass is 400 g/mol. The predicted octanol–water partition coefficient (Wildman–Crippen LogP) is 2.71. The van der Waals surface area contributed by atoms with E-state index in [0.717, 1.165) is 5.75 Å². The Kier molecular flexibility index (Phi) is 6.21. The molecule has 2 aromatic rings. The topological polar surface area (TPSA) is 101 Å². The Morgan fingerprint density at radius 3 is 2.89 bits per heavy atom. The third-order valence-electron chi connectivity index (χ3n) is 4.52. The molecule has 0 radical (unpaired) electrons. The van der Waals surface area contributed by atoms with Crippen LogP contribution in [-0.4, -0.2) is 38.4 Å². The van der Waals surface area contributed by atoms with Crippen LogP contribution < -0.4 is 5.73 Å². The van der Waals surface area contributed by atoms with Crippen molar-refractivity contribution in [3.63, 3.8) is 0 Å². The zero-order chi connectivity index (χ0) is 20.1. The number of nitrogens with two attached hydrogens (primary N) is 1.